The van der Waals surface area contributed by atoms with Gasteiger partial charge < -0.3 is 26.4 Å². The summed E-state index contributed by atoms with van der Waals surface area (Å²) in [7, 11) is 1.54. The van der Waals surface area contributed by atoms with E-state index in [0.29, 0.717) is 37.1 Å². The molecular weight excluding hydrogens is 573 g/mol. The Morgan fingerprint density at radius 3 is 2.23 bits per heavy atom. The lowest BCUT2D eigenvalue weighted by Crippen LogP contribution is -2.54. The van der Waals surface area contributed by atoms with E-state index in [1.165, 1.54) is 6.07 Å². The lowest BCUT2D eigenvalue weighted by atomic mass is 9.75. The zero-order valence-electron chi connectivity index (χ0n) is 24.3. The molecule has 1 aliphatic carbocycles. The summed E-state index contributed by atoms with van der Waals surface area (Å²) in [6.07, 6.45) is -2.40. The van der Waals surface area contributed by atoms with Crippen molar-refractivity contribution in [2.45, 2.75) is 43.9 Å². The Morgan fingerprint density at radius 2 is 1.59 bits per heavy atom. The van der Waals surface area contributed by atoms with Crippen molar-refractivity contribution in [1.82, 2.24) is 10.2 Å². The monoisotopic (exact) mass is 608 g/mol. The van der Waals surface area contributed by atoms with Gasteiger partial charge in [0.25, 0.3) is 11.8 Å². The second-order valence-corrected chi connectivity index (χ2v) is 11.6. The first kappa shape index (κ1) is 31.1. The number of hydrogen-bond donors (Lipinski definition) is 4. The van der Waals surface area contributed by atoms with Crippen molar-refractivity contribution in [3.63, 3.8) is 0 Å². The zero-order valence-corrected chi connectivity index (χ0v) is 24.3. The zero-order chi connectivity index (χ0) is 31.6. The quantitative estimate of drug-likeness (QED) is 0.272. The van der Waals surface area contributed by atoms with E-state index < -0.39 is 34.9 Å². The average molecular weight is 609 g/mol. The van der Waals surface area contributed by atoms with Crippen LogP contribution in [0.4, 0.5) is 24.5 Å². The first-order valence-electron chi connectivity index (χ1n) is 14.6. The SMILES string of the molecule is CNC(=O)c1cccc(-c2cccc(CC(O)(C(=O)Nc3ccc(N)c(C(F)(F)F)c3)C3CCN(C(=O)C4CC4)CC3)c2)c1. The maximum absolute atomic E-state index is 13.8. The first-order valence-corrected chi connectivity index (χ1v) is 14.6. The molecule has 1 saturated heterocycles. The first-order chi connectivity index (χ1) is 20.9. The molecule has 1 heterocycles. The number of benzene rings is 3. The standard InChI is InChI=1S/C33H35F3N4O4/c1-38-29(41)24-7-3-6-23(17-24)22-5-2-4-20(16-22)19-32(44,25-12-14-40(15-13-25)30(42)21-8-9-21)31(43)39-26-10-11-28(37)27(18-26)33(34,35)36/h2-7,10-11,16-18,21,25,44H,8-9,12-15,19,37H2,1H3,(H,38,41)(H,39,43). The van der Waals surface area contributed by atoms with E-state index in [0.717, 1.165) is 36.1 Å². The molecule has 0 aromatic heterocycles. The Morgan fingerprint density at radius 1 is 0.932 bits per heavy atom. The smallest absolute Gasteiger partial charge is 0.398 e. The highest BCUT2D eigenvalue weighted by molar-refractivity contribution is 5.98. The van der Waals surface area contributed by atoms with Crippen LogP contribution < -0.4 is 16.4 Å². The number of nitrogens with zero attached hydrogens (tertiary/aromatic N) is 1. The third-order valence-corrected chi connectivity index (χ3v) is 8.50. The van der Waals surface area contributed by atoms with Crippen LogP contribution in [0.5, 0.6) is 0 Å². The number of amides is 3. The third kappa shape index (κ3) is 6.72. The summed E-state index contributed by atoms with van der Waals surface area (Å²) in [4.78, 5) is 40.4. The van der Waals surface area contributed by atoms with E-state index in [1.807, 2.05) is 18.2 Å². The fourth-order valence-electron chi connectivity index (χ4n) is 5.85. The summed E-state index contributed by atoms with van der Waals surface area (Å²) in [5, 5.41) is 17.2. The molecule has 1 saturated carbocycles. The molecule has 0 bridgehead atoms. The van der Waals surface area contributed by atoms with Crippen LogP contribution in [-0.4, -0.2) is 53.5 Å². The van der Waals surface area contributed by atoms with Crippen LogP contribution in [0.3, 0.4) is 0 Å². The average Bonchev–Trinajstić information content (AvgIpc) is 3.87. The molecule has 0 radical (unpaired) electrons. The van der Waals surface area contributed by atoms with E-state index in [9.17, 15) is 32.7 Å². The molecule has 5 N–H and O–H groups in total. The molecule has 1 aliphatic heterocycles. The van der Waals surface area contributed by atoms with Gasteiger partial charge in [-0.15, -0.1) is 0 Å². The van der Waals surface area contributed by atoms with E-state index in [1.54, 1.807) is 42.3 Å². The number of aliphatic hydroxyl groups is 1. The van der Waals surface area contributed by atoms with Crippen molar-refractivity contribution >= 4 is 29.1 Å². The Labute approximate surface area is 253 Å². The van der Waals surface area contributed by atoms with Gasteiger partial charge in [-0.3, -0.25) is 14.4 Å². The number of nitrogens with two attached hydrogens (primary N) is 1. The topological polar surface area (TPSA) is 125 Å². The second-order valence-electron chi connectivity index (χ2n) is 11.6. The van der Waals surface area contributed by atoms with E-state index >= 15 is 0 Å². The molecule has 11 heteroatoms. The van der Waals surface area contributed by atoms with Gasteiger partial charge in [0.05, 0.1) is 5.56 Å². The van der Waals surface area contributed by atoms with Gasteiger partial charge in [0.2, 0.25) is 5.91 Å². The van der Waals surface area contributed by atoms with Crippen LogP contribution in [0, 0.1) is 11.8 Å². The number of nitrogen functional groups attached to an aromatic ring is 1. The van der Waals surface area contributed by atoms with Crippen molar-refractivity contribution in [3.8, 4) is 11.1 Å². The number of piperidine rings is 1. The molecule has 0 spiro atoms. The van der Waals surface area contributed by atoms with Gasteiger partial charge in [0, 0.05) is 55.3 Å². The number of rotatable bonds is 8. The number of alkyl halides is 3. The predicted molar refractivity (Wildman–Crippen MR) is 160 cm³/mol. The molecule has 232 valence electrons. The normalized spacial score (nSPS) is 17.1. The maximum atomic E-state index is 13.8. The predicted octanol–water partition coefficient (Wildman–Crippen LogP) is 4.88. The molecule has 44 heavy (non-hydrogen) atoms. The van der Waals surface area contributed by atoms with Crippen molar-refractivity contribution in [2.75, 3.05) is 31.2 Å². The summed E-state index contributed by atoms with van der Waals surface area (Å²) < 4.78 is 40.5. The largest absolute Gasteiger partial charge is 0.418 e. The van der Waals surface area contributed by atoms with Gasteiger partial charge >= 0.3 is 6.18 Å². The van der Waals surface area contributed by atoms with Gasteiger partial charge in [-0.25, -0.2) is 0 Å². The minimum atomic E-state index is -4.72. The second kappa shape index (κ2) is 12.3. The summed E-state index contributed by atoms with van der Waals surface area (Å²) in [6.45, 7) is 0.754. The molecule has 1 atom stereocenters. The fourth-order valence-corrected chi connectivity index (χ4v) is 5.85. The minimum absolute atomic E-state index is 0.0479. The van der Waals surface area contributed by atoms with E-state index in [-0.39, 0.29) is 29.8 Å². The lowest BCUT2D eigenvalue weighted by molar-refractivity contribution is -0.145. The number of nitrogens with one attached hydrogen (secondary N) is 2. The van der Waals surface area contributed by atoms with Crippen molar-refractivity contribution in [3.05, 3.63) is 83.4 Å². The number of likely N-dealkylation sites (tertiary alicyclic amines) is 1. The Kier molecular flexibility index (Phi) is 8.69. The summed E-state index contributed by atoms with van der Waals surface area (Å²) in [5.41, 5.74) is 4.44. The number of anilines is 2. The highest BCUT2D eigenvalue weighted by atomic mass is 19.4. The van der Waals surface area contributed by atoms with Gasteiger partial charge in [-0.1, -0.05) is 36.4 Å². The van der Waals surface area contributed by atoms with Crippen molar-refractivity contribution in [1.29, 1.82) is 0 Å². The van der Waals surface area contributed by atoms with Gasteiger partial charge in [0.15, 0.2) is 0 Å². The minimum Gasteiger partial charge on any atom is -0.398 e. The van der Waals surface area contributed by atoms with Gasteiger partial charge in [-0.05, 0) is 72.7 Å². The van der Waals surface area contributed by atoms with Gasteiger partial charge in [-0.2, -0.15) is 13.2 Å². The third-order valence-electron chi connectivity index (χ3n) is 8.50. The van der Waals surface area contributed by atoms with Crippen LogP contribution in [0.2, 0.25) is 0 Å². The lowest BCUT2D eigenvalue weighted by Gasteiger charge is -2.41. The summed E-state index contributed by atoms with van der Waals surface area (Å²) in [5.74, 6) is -1.51. The number of hydrogen-bond acceptors (Lipinski definition) is 5. The number of carbonyl (C=O) groups is 3. The molecule has 3 aromatic carbocycles. The van der Waals surface area contributed by atoms with Crippen LogP contribution in [0.1, 0.15) is 47.2 Å². The molecule has 2 aliphatic rings. The molecular formula is C33H35F3N4O4. The Bertz CT molecular complexity index is 1560. The fraction of sp³-hybridized carbons (Fsp3) is 0.364. The van der Waals surface area contributed by atoms with Crippen molar-refractivity contribution < 1.29 is 32.7 Å². The molecule has 5 rings (SSSR count). The highest BCUT2D eigenvalue weighted by Crippen LogP contribution is 2.38. The van der Waals surface area contributed by atoms with E-state index in [2.05, 4.69) is 10.6 Å². The van der Waals surface area contributed by atoms with E-state index in [4.69, 9.17) is 5.73 Å². The highest BCUT2D eigenvalue weighted by Gasteiger charge is 2.46. The Balaban J connectivity index is 1.43. The van der Waals surface area contributed by atoms with Crippen molar-refractivity contribution in [2.24, 2.45) is 11.8 Å². The molecule has 8 nitrogen and oxygen atoms in total. The maximum Gasteiger partial charge on any atom is 0.418 e. The van der Waals surface area contributed by atoms with Crippen LogP contribution in [-0.2, 0) is 22.2 Å². The summed E-state index contributed by atoms with van der Waals surface area (Å²) in [6, 6.07) is 17.3. The van der Waals surface area contributed by atoms with Gasteiger partial charge in [0.1, 0.15) is 5.60 Å². The van der Waals surface area contributed by atoms with Crippen LogP contribution >= 0.6 is 0 Å². The number of halogens is 3. The molecule has 3 aromatic rings. The molecule has 1 unspecified atom stereocenters. The van der Waals surface area contributed by atoms with Crippen LogP contribution in [0.25, 0.3) is 11.1 Å². The molecule has 3 amide bonds. The summed E-state index contributed by atoms with van der Waals surface area (Å²) >= 11 is 0. The molecule has 2 fully saturated rings. The number of carbonyl (C=O) groups excluding carboxylic acids is 3. The van der Waals surface area contributed by atoms with Crippen LogP contribution in [0.15, 0.2) is 66.7 Å². The Hall–Kier alpha value is -4.38.